The number of aryl methyl sites for hydroxylation is 2. The molecule has 25 heavy (non-hydrogen) atoms. The van der Waals surface area contributed by atoms with Crippen LogP contribution in [0.2, 0.25) is 5.02 Å². The topological polar surface area (TPSA) is 47.1 Å². The Hall–Kier alpha value is -1.52. The lowest BCUT2D eigenvalue weighted by Crippen LogP contribution is -2.14. The van der Waals surface area contributed by atoms with Crippen LogP contribution < -0.4 is 4.74 Å². The molecule has 0 aliphatic heterocycles. The summed E-state index contributed by atoms with van der Waals surface area (Å²) >= 11 is 6.33. The highest BCUT2D eigenvalue weighted by molar-refractivity contribution is 6.32. The average Bonchev–Trinajstić information content (AvgIpc) is 2.98. The fourth-order valence-electron chi connectivity index (χ4n) is 3.24. The van der Waals surface area contributed by atoms with Crippen LogP contribution in [0.1, 0.15) is 61.5 Å². The van der Waals surface area contributed by atoms with Gasteiger partial charge in [-0.15, -0.1) is 0 Å². The van der Waals surface area contributed by atoms with Crippen LogP contribution in [0, 0.1) is 6.92 Å². The summed E-state index contributed by atoms with van der Waals surface area (Å²) in [4.78, 5) is 7.95. The standard InChI is InChI=1S/C20H27ClN2O2/c1-3-4-11-24-18-9-8-15(13-16(18)21)10-12-25-19-7-5-6-17-20(19)23-14(2)22-17/h8-9,13,19H,3-7,10-12H2,1-2H3,(H,22,23). The van der Waals surface area contributed by atoms with Gasteiger partial charge in [0.1, 0.15) is 17.7 Å². The Bertz CT molecular complexity index is 699. The third kappa shape index (κ3) is 4.77. The van der Waals surface area contributed by atoms with E-state index in [1.807, 2.05) is 19.1 Å². The van der Waals surface area contributed by atoms with Crippen molar-refractivity contribution in [2.75, 3.05) is 13.2 Å². The Kier molecular flexibility index (Phi) is 6.38. The Morgan fingerprint density at radius 2 is 2.20 bits per heavy atom. The van der Waals surface area contributed by atoms with Gasteiger partial charge in [0.25, 0.3) is 0 Å². The Balaban J connectivity index is 1.52. The number of halogens is 1. The minimum Gasteiger partial charge on any atom is -0.492 e. The van der Waals surface area contributed by atoms with Crippen molar-refractivity contribution in [1.82, 2.24) is 9.97 Å². The molecule has 0 saturated heterocycles. The number of fused-ring (bicyclic) bond motifs is 1. The minimum atomic E-state index is 0.112. The fourth-order valence-corrected chi connectivity index (χ4v) is 3.50. The maximum Gasteiger partial charge on any atom is 0.137 e. The zero-order valence-electron chi connectivity index (χ0n) is 15.1. The number of hydrogen-bond acceptors (Lipinski definition) is 3. The average molecular weight is 363 g/mol. The molecule has 0 bridgehead atoms. The number of benzene rings is 1. The monoisotopic (exact) mass is 362 g/mol. The number of aromatic amines is 1. The van der Waals surface area contributed by atoms with Crippen LogP contribution >= 0.6 is 11.6 Å². The zero-order valence-corrected chi connectivity index (χ0v) is 15.9. The van der Waals surface area contributed by atoms with Crippen LogP contribution in [0.4, 0.5) is 0 Å². The zero-order chi connectivity index (χ0) is 17.6. The largest absolute Gasteiger partial charge is 0.492 e. The summed E-state index contributed by atoms with van der Waals surface area (Å²) in [7, 11) is 0. The first-order chi connectivity index (χ1) is 12.2. The molecule has 2 aromatic rings. The molecule has 1 heterocycles. The van der Waals surface area contributed by atoms with E-state index in [1.54, 1.807) is 0 Å². The van der Waals surface area contributed by atoms with Gasteiger partial charge in [-0.1, -0.05) is 31.0 Å². The molecule has 0 fully saturated rings. The van der Waals surface area contributed by atoms with Gasteiger partial charge in [0.2, 0.25) is 0 Å². The van der Waals surface area contributed by atoms with Gasteiger partial charge in [0.05, 0.1) is 23.9 Å². The lowest BCUT2D eigenvalue weighted by molar-refractivity contribution is 0.0399. The summed E-state index contributed by atoms with van der Waals surface area (Å²) in [5, 5.41) is 0.677. The first-order valence-corrected chi connectivity index (χ1v) is 9.63. The molecule has 0 radical (unpaired) electrons. The van der Waals surface area contributed by atoms with Gasteiger partial charge in [-0.25, -0.2) is 4.98 Å². The molecule has 4 nitrogen and oxygen atoms in total. The molecular weight excluding hydrogens is 336 g/mol. The minimum absolute atomic E-state index is 0.112. The fraction of sp³-hybridized carbons (Fsp3) is 0.550. The van der Waals surface area contributed by atoms with Crippen LogP contribution in [0.15, 0.2) is 18.2 Å². The highest BCUT2D eigenvalue weighted by Crippen LogP contribution is 2.31. The molecule has 1 atom stereocenters. The van der Waals surface area contributed by atoms with E-state index in [9.17, 15) is 0 Å². The maximum atomic E-state index is 6.33. The van der Waals surface area contributed by atoms with E-state index < -0.39 is 0 Å². The predicted molar refractivity (Wildman–Crippen MR) is 101 cm³/mol. The third-order valence-corrected chi connectivity index (χ3v) is 4.88. The summed E-state index contributed by atoms with van der Waals surface area (Å²) in [5.74, 6) is 1.75. The predicted octanol–water partition coefficient (Wildman–Crippen LogP) is 5.19. The van der Waals surface area contributed by atoms with E-state index in [0.717, 1.165) is 55.8 Å². The quantitative estimate of drug-likeness (QED) is 0.657. The first-order valence-electron chi connectivity index (χ1n) is 9.25. The molecule has 1 aliphatic carbocycles. The molecule has 1 aromatic heterocycles. The summed E-state index contributed by atoms with van der Waals surface area (Å²) in [6.45, 7) is 5.53. The van der Waals surface area contributed by atoms with E-state index >= 15 is 0 Å². The number of imidazole rings is 1. The van der Waals surface area contributed by atoms with E-state index in [2.05, 4.69) is 23.0 Å². The van der Waals surface area contributed by atoms with Crippen LogP contribution in [0.25, 0.3) is 0 Å². The summed E-state index contributed by atoms with van der Waals surface area (Å²) in [5.41, 5.74) is 3.51. The Morgan fingerprint density at radius 3 is 3.00 bits per heavy atom. The number of nitrogens with zero attached hydrogens (tertiary/aromatic N) is 1. The van der Waals surface area contributed by atoms with Gasteiger partial charge in [-0.3, -0.25) is 0 Å². The van der Waals surface area contributed by atoms with Crippen LogP contribution in [-0.2, 0) is 17.6 Å². The van der Waals surface area contributed by atoms with Gasteiger partial charge in [-0.2, -0.15) is 0 Å². The van der Waals surface area contributed by atoms with Crippen molar-refractivity contribution in [1.29, 1.82) is 0 Å². The lowest BCUT2D eigenvalue weighted by Gasteiger charge is -2.21. The van der Waals surface area contributed by atoms with Crippen LogP contribution in [-0.4, -0.2) is 23.2 Å². The van der Waals surface area contributed by atoms with E-state index in [4.69, 9.17) is 21.1 Å². The molecule has 1 aliphatic rings. The Labute approximate surface area is 154 Å². The highest BCUT2D eigenvalue weighted by Gasteiger charge is 2.24. The molecule has 3 rings (SSSR count). The summed E-state index contributed by atoms with van der Waals surface area (Å²) in [6, 6.07) is 6.02. The van der Waals surface area contributed by atoms with Gasteiger partial charge < -0.3 is 14.5 Å². The number of rotatable bonds is 8. The van der Waals surface area contributed by atoms with E-state index in [-0.39, 0.29) is 6.10 Å². The highest BCUT2D eigenvalue weighted by atomic mass is 35.5. The van der Waals surface area contributed by atoms with E-state index in [0.29, 0.717) is 18.2 Å². The first kappa shape index (κ1) is 18.3. The van der Waals surface area contributed by atoms with Gasteiger partial charge >= 0.3 is 0 Å². The van der Waals surface area contributed by atoms with Crippen molar-refractivity contribution < 1.29 is 9.47 Å². The lowest BCUT2D eigenvalue weighted by atomic mass is 9.98. The molecule has 5 heteroatoms. The van der Waals surface area contributed by atoms with Crippen LogP contribution in [0.5, 0.6) is 5.75 Å². The maximum absolute atomic E-state index is 6.33. The number of hydrogen-bond donors (Lipinski definition) is 1. The molecule has 1 aromatic carbocycles. The molecule has 1 unspecified atom stereocenters. The van der Waals surface area contributed by atoms with Crippen molar-refractivity contribution in [2.24, 2.45) is 0 Å². The van der Waals surface area contributed by atoms with Crippen molar-refractivity contribution >= 4 is 11.6 Å². The Morgan fingerprint density at radius 1 is 1.32 bits per heavy atom. The number of unbranched alkanes of at least 4 members (excludes halogenated alkanes) is 1. The summed E-state index contributed by atoms with van der Waals surface area (Å²) in [6.07, 6.45) is 6.38. The molecule has 0 spiro atoms. The normalized spacial score (nSPS) is 16.7. The molecular formula is C20H27ClN2O2. The van der Waals surface area contributed by atoms with Crippen LogP contribution in [0.3, 0.4) is 0 Å². The van der Waals surface area contributed by atoms with Crippen molar-refractivity contribution in [3.05, 3.63) is 46.0 Å². The van der Waals surface area contributed by atoms with Gasteiger partial charge in [-0.05, 0) is 56.7 Å². The second-order valence-corrected chi connectivity index (χ2v) is 7.06. The SMILES string of the molecule is CCCCOc1ccc(CCOC2CCCc3[nH]c(C)nc32)cc1Cl. The molecule has 0 amide bonds. The van der Waals surface area contributed by atoms with Gasteiger partial charge in [0.15, 0.2) is 0 Å². The van der Waals surface area contributed by atoms with E-state index in [1.165, 1.54) is 11.3 Å². The molecule has 1 N–H and O–H groups in total. The second kappa shape index (κ2) is 8.72. The number of ether oxygens (including phenoxy) is 2. The van der Waals surface area contributed by atoms with Crippen molar-refractivity contribution in [3.63, 3.8) is 0 Å². The molecule has 0 saturated carbocycles. The second-order valence-electron chi connectivity index (χ2n) is 6.65. The molecule has 136 valence electrons. The van der Waals surface area contributed by atoms with Crippen molar-refractivity contribution in [3.8, 4) is 5.75 Å². The summed E-state index contributed by atoms with van der Waals surface area (Å²) < 4.78 is 11.8. The van der Waals surface area contributed by atoms with Crippen molar-refractivity contribution in [2.45, 2.75) is 58.5 Å². The number of H-pyrrole nitrogens is 1. The third-order valence-electron chi connectivity index (χ3n) is 4.59. The smallest absolute Gasteiger partial charge is 0.137 e. The number of aromatic nitrogens is 2. The van der Waals surface area contributed by atoms with Gasteiger partial charge in [0, 0.05) is 5.69 Å². The number of nitrogens with one attached hydrogen (secondary N) is 1.